The summed E-state index contributed by atoms with van der Waals surface area (Å²) in [5, 5.41) is 7.99. The zero-order chi connectivity index (χ0) is 14.5. The van der Waals surface area contributed by atoms with Crippen LogP contribution in [-0.4, -0.2) is 16.3 Å². The monoisotopic (exact) mass is 271 g/mol. The lowest BCUT2D eigenvalue weighted by Crippen LogP contribution is -2.19. The van der Waals surface area contributed by atoms with Crippen LogP contribution in [0.5, 0.6) is 0 Å². The zero-order valence-corrected chi connectivity index (χ0v) is 13.0. The summed E-state index contributed by atoms with van der Waals surface area (Å²) in [6, 6.07) is 8.63. The fraction of sp³-hybridized carbons (Fsp3) is 0.471. The number of hydrogen-bond donors (Lipinski definition) is 1. The Morgan fingerprint density at radius 2 is 1.90 bits per heavy atom. The van der Waals surface area contributed by atoms with Gasteiger partial charge < -0.3 is 5.32 Å². The number of aromatic nitrogens is 2. The van der Waals surface area contributed by atoms with Crippen LogP contribution < -0.4 is 5.32 Å². The summed E-state index contributed by atoms with van der Waals surface area (Å²) < 4.78 is 2.02. The highest BCUT2D eigenvalue weighted by atomic mass is 15.3. The van der Waals surface area contributed by atoms with Gasteiger partial charge in [-0.25, -0.2) is 4.68 Å². The molecule has 0 fully saturated rings. The van der Waals surface area contributed by atoms with Crippen LogP contribution in [0.25, 0.3) is 5.69 Å². The topological polar surface area (TPSA) is 29.9 Å². The molecule has 0 spiro atoms. The minimum absolute atomic E-state index is 0.673. The number of benzene rings is 1. The Kier molecular flexibility index (Phi) is 4.96. The van der Waals surface area contributed by atoms with Crippen molar-refractivity contribution in [2.75, 3.05) is 6.54 Å². The Morgan fingerprint density at radius 1 is 1.20 bits per heavy atom. The average Bonchev–Trinajstić information content (AvgIpc) is 2.80. The van der Waals surface area contributed by atoms with Crippen LogP contribution >= 0.6 is 0 Å². The Balaban J connectivity index is 2.11. The number of nitrogens with one attached hydrogen (secondary N) is 1. The van der Waals surface area contributed by atoms with E-state index in [0.717, 1.165) is 25.2 Å². The minimum atomic E-state index is 0.673. The smallest absolute Gasteiger partial charge is 0.0648 e. The third-order valence-corrected chi connectivity index (χ3v) is 3.57. The van der Waals surface area contributed by atoms with Crippen molar-refractivity contribution in [3.05, 3.63) is 47.3 Å². The molecule has 0 aliphatic rings. The molecule has 108 valence electrons. The van der Waals surface area contributed by atoms with Crippen molar-refractivity contribution >= 4 is 0 Å². The Hall–Kier alpha value is -1.61. The summed E-state index contributed by atoms with van der Waals surface area (Å²) in [6.07, 6.45) is 3.04. The summed E-state index contributed by atoms with van der Waals surface area (Å²) >= 11 is 0. The first-order valence-electron chi connectivity index (χ1n) is 7.45. The number of aryl methyl sites for hydroxylation is 1. The Labute approximate surface area is 122 Å². The quantitative estimate of drug-likeness (QED) is 0.871. The standard InChI is InChI=1S/C17H25N3/c1-5-15-6-8-17(9-7-15)20-14(4)16(12-19-20)11-18-10-13(2)3/h6-9,12-13,18H,5,10-11H2,1-4H3. The largest absolute Gasteiger partial charge is 0.312 e. The normalized spacial score (nSPS) is 11.2. The van der Waals surface area contributed by atoms with Crippen LogP contribution in [0.4, 0.5) is 0 Å². The molecule has 0 atom stereocenters. The fourth-order valence-electron chi connectivity index (χ4n) is 2.25. The highest BCUT2D eigenvalue weighted by molar-refractivity contribution is 5.37. The van der Waals surface area contributed by atoms with Crippen LogP contribution in [0.3, 0.4) is 0 Å². The van der Waals surface area contributed by atoms with Crippen molar-refractivity contribution < 1.29 is 0 Å². The second-order valence-electron chi connectivity index (χ2n) is 5.71. The van der Waals surface area contributed by atoms with E-state index in [0.29, 0.717) is 5.92 Å². The average molecular weight is 271 g/mol. The third-order valence-electron chi connectivity index (χ3n) is 3.57. The summed E-state index contributed by atoms with van der Waals surface area (Å²) in [4.78, 5) is 0. The van der Waals surface area contributed by atoms with Crippen LogP contribution in [-0.2, 0) is 13.0 Å². The molecule has 3 nitrogen and oxygen atoms in total. The molecule has 0 aliphatic heterocycles. The van der Waals surface area contributed by atoms with Crippen LogP contribution in [0.1, 0.15) is 37.6 Å². The van der Waals surface area contributed by atoms with Gasteiger partial charge in [-0.15, -0.1) is 0 Å². The lowest BCUT2D eigenvalue weighted by molar-refractivity contribution is 0.551. The molecule has 1 N–H and O–H groups in total. The molecular weight excluding hydrogens is 246 g/mol. The summed E-state index contributed by atoms with van der Waals surface area (Å²) in [6.45, 7) is 10.7. The maximum absolute atomic E-state index is 4.52. The lowest BCUT2D eigenvalue weighted by Gasteiger charge is -2.08. The molecular formula is C17H25N3. The predicted molar refractivity (Wildman–Crippen MR) is 84.2 cm³/mol. The SMILES string of the molecule is CCc1ccc(-n2ncc(CNCC(C)C)c2C)cc1. The maximum atomic E-state index is 4.52. The fourth-order valence-corrected chi connectivity index (χ4v) is 2.25. The van der Waals surface area contributed by atoms with Crippen molar-refractivity contribution in [3.8, 4) is 5.69 Å². The molecule has 0 amide bonds. The highest BCUT2D eigenvalue weighted by Crippen LogP contribution is 2.15. The van der Waals surface area contributed by atoms with Gasteiger partial charge >= 0.3 is 0 Å². The molecule has 0 unspecified atom stereocenters. The summed E-state index contributed by atoms with van der Waals surface area (Å²) in [7, 11) is 0. The minimum Gasteiger partial charge on any atom is -0.312 e. The zero-order valence-electron chi connectivity index (χ0n) is 13.0. The van der Waals surface area contributed by atoms with Gasteiger partial charge in [0.05, 0.1) is 11.9 Å². The molecule has 0 saturated carbocycles. The molecule has 0 saturated heterocycles. The molecule has 1 aromatic heterocycles. The van der Waals surface area contributed by atoms with E-state index in [1.54, 1.807) is 0 Å². The van der Waals surface area contributed by atoms with Crippen molar-refractivity contribution in [2.24, 2.45) is 5.92 Å². The van der Waals surface area contributed by atoms with Crippen molar-refractivity contribution in [1.29, 1.82) is 0 Å². The Bertz CT molecular complexity index is 538. The van der Waals surface area contributed by atoms with Crippen molar-refractivity contribution in [2.45, 2.75) is 40.7 Å². The number of rotatable bonds is 6. The van der Waals surface area contributed by atoms with Gasteiger partial charge in [0.2, 0.25) is 0 Å². The molecule has 20 heavy (non-hydrogen) atoms. The van der Waals surface area contributed by atoms with Crippen molar-refractivity contribution in [1.82, 2.24) is 15.1 Å². The molecule has 2 rings (SSSR count). The lowest BCUT2D eigenvalue weighted by atomic mass is 10.1. The molecule has 0 bridgehead atoms. The van der Waals surface area contributed by atoms with E-state index in [-0.39, 0.29) is 0 Å². The first kappa shape index (κ1) is 14.8. The van der Waals surface area contributed by atoms with Gasteiger partial charge in [-0.2, -0.15) is 5.10 Å². The van der Waals surface area contributed by atoms with Gasteiger partial charge in [0.1, 0.15) is 0 Å². The van der Waals surface area contributed by atoms with Gasteiger partial charge in [-0.1, -0.05) is 32.9 Å². The molecule has 1 heterocycles. The molecule has 3 heteroatoms. The maximum Gasteiger partial charge on any atom is 0.0648 e. The molecule has 0 radical (unpaired) electrons. The second-order valence-corrected chi connectivity index (χ2v) is 5.71. The van der Waals surface area contributed by atoms with Crippen LogP contribution in [0.15, 0.2) is 30.5 Å². The van der Waals surface area contributed by atoms with Gasteiger partial charge in [0.15, 0.2) is 0 Å². The van der Waals surface area contributed by atoms with Gasteiger partial charge in [-0.3, -0.25) is 0 Å². The predicted octanol–water partition coefficient (Wildman–Crippen LogP) is 3.49. The van der Waals surface area contributed by atoms with E-state index >= 15 is 0 Å². The van der Waals surface area contributed by atoms with Gasteiger partial charge in [0, 0.05) is 17.8 Å². The molecule has 1 aromatic carbocycles. The van der Waals surface area contributed by atoms with Gasteiger partial charge in [-0.05, 0) is 43.5 Å². The first-order chi connectivity index (χ1) is 9.61. The molecule has 2 aromatic rings. The van der Waals surface area contributed by atoms with E-state index in [4.69, 9.17) is 0 Å². The van der Waals surface area contributed by atoms with E-state index in [1.807, 2.05) is 10.9 Å². The van der Waals surface area contributed by atoms with E-state index < -0.39 is 0 Å². The van der Waals surface area contributed by atoms with E-state index in [1.165, 1.54) is 16.8 Å². The summed E-state index contributed by atoms with van der Waals surface area (Å²) in [5.74, 6) is 0.673. The van der Waals surface area contributed by atoms with Crippen LogP contribution in [0, 0.1) is 12.8 Å². The highest BCUT2D eigenvalue weighted by Gasteiger charge is 2.08. The third kappa shape index (κ3) is 3.48. The first-order valence-corrected chi connectivity index (χ1v) is 7.45. The molecule has 0 aliphatic carbocycles. The van der Waals surface area contributed by atoms with Gasteiger partial charge in [0.25, 0.3) is 0 Å². The number of nitrogens with zero attached hydrogens (tertiary/aromatic N) is 2. The van der Waals surface area contributed by atoms with Crippen LogP contribution in [0.2, 0.25) is 0 Å². The second kappa shape index (κ2) is 6.71. The Morgan fingerprint density at radius 3 is 2.50 bits per heavy atom. The van der Waals surface area contributed by atoms with E-state index in [9.17, 15) is 0 Å². The van der Waals surface area contributed by atoms with E-state index in [2.05, 4.69) is 62.4 Å². The number of hydrogen-bond acceptors (Lipinski definition) is 2. The summed E-state index contributed by atoms with van der Waals surface area (Å²) in [5.41, 5.74) is 4.97. The van der Waals surface area contributed by atoms with Crippen molar-refractivity contribution in [3.63, 3.8) is 0 Å².